The number of furan rings is 1. The number of esters is 1. The van der Waals surface area contributed by atoms with E-state index in [1.165, 1.54) is 0 Å². The summed E-state index contributed by atoms with van der Waals surface area (Å²) in [5, 5.41) is 1.05. The van der Waals surface area contributed by atoms with E-state index in [1.807, 2.05) is 30.3 Å². The molecule has 1 heterocycles. The molecular weight excluding hydrogens is 436 g/mol. The van der Waals surface area contributed by atoms with E-state index in [4.69, 9.17) is 18.6 Å². The first-order valence-corrected chi connectivity index (χ1v) is 10.5. The van der Waals surface area contributed by atoms with Crippen LogP contribution in [-0.4, -0.2) is 19.7 Å². The van der Waals surface area contributed by atoms with E-state index in [0.717, 1.165) is 45.2 Å². The molecule has 2 aromatic carbocycles. The first kappa shape index (κ1) is 19.8. The minimum atomic E-state index is -0.279. The number of methoxy groups -OCH3 is 1. The maximum absolute atomic E-state index is 12.0. The van der Waals surface area contributed by atoms with Gasteiger partial charge in [-0.2, -0.15) is 0 Å². The molecule has 6 heteroatoms. The van der Waals surface area contributed by atoms with Crippen LogP contribution in [0.15, 0.2) is 45.3 Å². The van der Waals surface area contributed by atoms with Gasteiger partial charge in [0.1, 0.15) is 29.4 Å². The van der Waals surface area contributed by atoms with E-state index in [9.17, 15) is 4.79 Å². The summed E-state index contributed by atoms with van der Waals surface area (Å²) < 4.78 is 23.8. The first-order valence-electron chi connectivity index (χ1n) is 9.75. The van der Waals surface area contributed by atoms with E-state index in [0.29, 0.717) is 30.6 Å². The van der Waals surface area contributed by atoms with Crippen LogP contribution in [0.25, 0.3) is 11.0 Å². The van der Waals surface area contributed by atoms with Crippen molar-refractivity contribution in [3.63, 3.8) is 0 Å². The van der Waals surface area contributed by atoms with Crippen LogP contribution in [-0.2, 0) is 22.6 Å². The number of halogens is 1. The Balaban J connectivity index is 1.64. The summed E-state index contributed by atoms with van der Waals surface area (Å²) in [5.41, 5.74) is 2.70. The van der Waals surface area contributed by atoms with Gasteiger partial charge in [-0.05, 0) is 44.0 Å². The summed E-state index contributed by atoms with van der Waals surface area (Å²) in [7, 11) is 1.61. The topological polar surface area (TPSA) is 57.9 Å². The number of hydrogen-bond acceptors (Lipinski definition) is 5. The lowest BCUT2D eigenvalue weighted by Gasteiger charge is -2.13. The zero-order valence-corrected chi connectivity index (χ0v) is 18.1. The SMILES string of the molecule is CCOC(=O)Cc1ccc(OC)cc1OCc1c(C2CC2)oc2ccc(Br)cc12. The van der Waals surface area contributed by atoms with Crippen molar-refractivity contribution < 1.29 is 23.4 Å². The molecular formula is C23H23BrO5. The fraction of sp³-hybridized carbons (Fsp3) is 0.348. The van der Waals surface area contributed by atoms with Crippen molar-refractivity contribution in [2.24, 2.45) is 0 Å². The second kappa shape index (κ2) is 8.49. The van der Waals surface area contributed by atoms with Gasteiger partial charge < -0.3 is 18.6 Å². The summed E-state index contributed by atoms with van der Waals surface area (Å²) >= 11 is 3.55. The van der Waals surface area contributed by atoms with Gasteiger partial charge in [0.25, 0.3) is 0 Å². The first-order chi connectivity index (χ1) is 14.1. The molecule has 1 fully saturated rings. The Bertz CT molecular complexity index is 1040. The van der Waals surface area contributed by atoms with Crippen molar-refractivity contribution in [3.05, 3.63) is 57.8 Å². The van der Waals surface area contributed by atoms with Crippen molar-refractivity contribution in [2.75, 3.05) is 13.7 Å². The summed E-state index contributed by atoms with van der Waals surface area (Å²) in [6.45, 7) is 2.51. The summed E-state index contributed by atoms with van der Waals surface area (Å²) in [4.78, 5) is 12.0. The van der Waals surface area contributed by atoms with E-state index in [1.54, 1.807) is 14.0 Å². The van der Waals surface area contributed by atoms with Crippen molar-refractivity contribution >= 4 is 32.9 Å². The zero-order chi connectivity index (χ0) is 20.4. The molecule has 1 saturated carbocycles. The number of carbonyl (C=O) groups is 1. The quantitative estimate of drug-likeness (QED) is 0.401. The van der Waals surface area contributed by atoms with Crippen molar-refractivity contribution in [2.45, 2.75) is 38.7 Å². The van der Waals surface area contributed by atoms with Crippen LogP contribution in [0, 0.1) is 0 Å². The molecule has 3 aromatic rings. The van der Waals surface area contributed by atoms with Gasteiger partial charge in [0.05, 0.1) is 20.1 Å². The number of carbonyl (C=O) groups excluding carboxylic acids is 1. The highest BCUT2D eigenvalue weighted by molar-refractivity contribution is 9.10. The lowest BCUT2D eigenvalue weighted by molar-refractivity contribution is -0.142. The minimum absolute atomic E-state index is 0.153. The molecule has 0 unspecified atom stereocenters. The molecule has 5 nitrogen and oxygen atoms in total. The Labute approximate surface area is 178 Å². The molecule has 0 atom stereocenters. The second-order valence-electron chi connectivity index (χ2n) is 7.10. The molecule has 152 valence electrons. The maximum atomic E-state index is 12.0. The van der Waals surface area contributed by atoms with Crippen LogP contribution >= 0.6 is 15.9 Å². The number of benzene rings is 2. The molecule has 29 heavy (non-hydrogen) atoms. The van der Waals surface area contributed by atoms with Crippen LogP contribution in [0.5, 0.6) is 11.5 Å². The van der Waals surface area contributed by atoms with Crippen LogP contribution in [0.4, 0.5) is 0 Å². The maximum Gasteiger partial charge on any atom is 0.310 e. The number of fused-ring (bicyclic) bond motifs is 1. The van der Waals surface area contributed by atoms with E-state index < -0.39 is 0 Å². The average Bonchev–Trinajstić information content (AvgIpc) is 3.49. The highest BCUT2D eigenvalue weighted by Gasteiger charge is 2.31. The Morgan fingerprint density at radius 3 is 2.76 bits per heavy atom. The van der Waals surface area contributed by atoms with E-state index in [-0.39, 0.29) is 12.4 Å². The second-order valence-corrected chi connectivity index (χ2v) is 8.02. The van der Waals surface area contributed by atoms with Gasteiger partial charge in [0.2, 0.25) is 0 Å². The number of rotatable bonds is 8. The van der Waals surface area contributed by atoms with Crippen LogP contribution < -0.4 is 9.47 Å². The van der Waals surface area contributed by atoms with Gasteiger partial charge in [-0.1, -0.05) is 22.0 Å². The lowest BCUT2D eigenvalue weighted by Crippen LogP contribution is -2.09. The molecule has 0 aliphatic heterocycles. The van der Waals surface area contributed by atoms with Crippen LogP contribution in [0.2, 0.25) is 0 Å². The van der Waals surface area contributed by atoms with Gasteiger partial charge in [-0.25, -0.2) is 0 Å². The highest BCUT2D eigenvalue weighted by Crippen LogP contribution is 2.45. The molecule has 0 bridgehead atoms. The van der Waals surface area contributed by atoms with E-state index in [2.05, 4.69) is 22.0 Å². The van der Waals surface area contributed by atoms with Gasteiger partial charge >= 0.3 is 5.97 Å². The fourth-order valence-electron chi connectivity index (χ4n) is 3.42. The van der Waals surface area contributed by atoms with Gasteiger partial charge in [0.15, 0.2) is 0 Å². The Morgan fingerprint density at radius 2 is 2.03 bits per heavy atom. The molecule has 0 amide bonds. The largest absolute Gasteiger partial charge is 0.497 e. The van der Waals surface area contributed by atoms with Crippen molar-refractivity contribution in [1.82, 2.24) is 0 Å². The fourth-order valence-corrected chi connectivity index (χ4v) is 3.78. The van der Waals surface area contributed by atoms with Gasteiger partial charge in [0, 0.05) is 33.0 Å². The summed E-state index contributed by atoms with van der Waals surface area (Å²) in [6.07, 6.45) is 2.43. The van der Waals surface area contributed by atoms with E-state index >= 15 is 0 Å². The lowest BCUT2D eigenvalue weighted by atomic mass is 10.1. The molecule has 0 saturated heterocycles. The highest BCUT2D eigenvalue weighted by atomic mass is 79.9. The Morgan fingerprint density at radius 1 is 1.21 bits per heavy atom. The number of hydrogen-bond donors (Lipinski definition) is 0. The third kappa shape index (κ3) is 4.42. The Kier molecular flexibility index (Phi) is 5.81. The minimum Gasteiger partial charge on any atom is -0.497 e. The van der Waals surface area contributed by atoms with Crippen LogP contribution in [0.3, 0.4) is 0 Å². The molecule has 1 aliphatic carbocycles. The molecule has 4 rings (SSSR count). The Hall–Kier alpha value is -2.47. The van der Waals surface area contributed by atoms with Crippen molar-refractivity contribution in [3.8, 4) is 11.5 Å². The monoisotopic (exact) mass is 458 g/mol. The molecule has 1 aromatic heterocycles. The van der Waals surface area contributed by atoms with Crippen molar-refractivity contribution in [1.29, 1.82) is 0 Å². The molecule has 1 aliphatic rings. The standard InChI is InChI=1S/C23H23BrO5/c1-3-27-22(25)10-15-6-8-17(26-2)12-21(15)28-13-19-18-11-16(24)7-9-20(18)29-23(19)14-4-5-14/h6-9,11-12,14H,3-5,10,13H2,1-2H3. The summed E-state index contributed by atoms with van der Waals surface area (Å²) in [6, 6.07) is 11.5. The summed E-state index contributed by atoms with van der Waals surface area (Å²) in [5.74, 6) is 2.48. The predicted octanol–water partition coefficient (Wildman–Crippen LogP) is 5.77. The molecule has 0 N–H and O–H groups in total. The molecule has 0 radical (unpaired) electrons. The van der Waals surface area contributed by atoms with Gasteiger partial charge in [-0.15, -0.1) is 0 Å². The number of ether oxygens (including phenoxy) is 3. The predicted molar refractivity (Wildman–Crippen MR) is 114 cm³/mol. The smallest absolute Gasteiger partial charge is 0.310 e. The average molecular weight is 459 g/mol. The zero-order valence-electron chi connectivity index (χ0n) is 16.5. The third-order valence-electron chi connectivity index (χ3n) is 5.02. The third-order valence-corrected chi connectivity index (χ3v) is 5.51. The van der Waals surface area contributed by atoms with Gasteiger partial charge in [-0.3, -0.25) is 4.79 Å². The normalized spacial score (nSPS) is 13.5. The molecule has 0 spiro atoms. The van der Waals surface area contributed by atoms with Crippen LogP contribution in [0.1, 0.15) is 42.6 Å².